The number of fused-ring (bicyclic) bond motifs is 1. The zero-order chi connectivity index (χ0) is 26.4. The van der Waals surface area contributed by atoms with Crippen molar-refractivity contribution < 1.29 is 23.0 Å². The fourth-order valence-electron chi connectivity index (χ4n) is 4.46. The highest BCUT2D eigenvalue weighted by atomic mass is 32.3. The topological polar surface area (TPSA) is 119 Å². The van der Waals surface area contributed by atoms with Gasteiger partial charge in [0.25, 0.3) is 5.91 Å². The molecule has 3 heterocycles. The molecule has 1 fully saturated rings. The van der Waals surface area contributed by atoms with E-state index in [1.165, 1.54) is 15.2 Å². The quantitative estimate of drug-likeness (QED) is 0.433. The third-order valence-electron chi connectivity index (χ3n) is 6.44. The van der Waals surface area contributed by atoms with E-state index in [1.54, 1.807) is 18.2 Å². The number of hydrogen-bond acceptors (Lipinski definition) is 6. The van der Waals surface area contributed by atoms with Gasteiger partial charge >= 0.3 is 5.69 Å². The van der Waals surface area contributed by atoms with Crippen molar-refractivity contribution in [2.45, 2.75) is 65.1 Å². The number of carbonyl (C=O) groups is 1. The fourth-order valence-corrected chi connectivity index (χ4v) is 6.21. The van der Waals surface area contributed by atoms with E-state index < -0.39 is 27.6 Å². The molecule has 1 aliphatic heterocycles. The third kappa shape index (κ3) is 5.14. The molecule has 1 aromatic carbocycles. The molecule has 1 amide bonds. The summed E-state index contributed by atoms with van der Waals surface area (Å²) >= 11 is 0. The molecule has 0 spiro atoms. The Balaban J connectivity index is 1.76. The number of rotatable bonds is 6. The normalized spacial score (nSPS) is 17.9. The summed E-state index contributed by atoms with van der Waals surface area (Å²) in [6.07, 6.45) is 1.76. The van der Waals surface area contributed by atoms with Crippen LogP contribution in [0.2, 0.25) is 0 Å². The molecule has 0 saturated carbocycles. The molecule has 0 atom stereocenters. The van der Waals surface area contributed by atoms with Crippen LogP contribution in [0.4, 0.5) is 4.39 Å². The van der Waals surface area contributed by atoms with E-state index in [0.717, 1.165) is 6.20 Å². The zero-order valence-electron chi connectivity index (χ0n) is 21.1. The molecule has 2 aromatic heterocycles. The standard InChI is InChI=1S/C25H33FN4O5S/c1-15(2)29-21-12-17(23(31)28-25(5)8-10-36(33,34)11-9-25)6-7-19(21)30(24(29)32)20-13-22(35-16(3)4)27-14-18(20)26/h6-7,12-16,33-34H,8-11H2,1-5H3,(H,28,31). The number of hydrogen-bond donors (Lipinski definition) is 3. The minimum atomic E-state index is -2.58. The van der Waals surface area contributed by atoms with Gasteiger partial charge in [0.15, 0.2) is 5.82 Å². The van der Waals surface area contributed by atoms with E-state index >= 15 is 0 Å². The molecule has 0 aliphatic carbocycles. The van der Waals surface area contributed by atoms with Crippen LogP contribution < -0.4 is 15.7 Å². The van der Waals surface area contributed by atoms with E-state index in [2.05, 4.69) is 10.3 Å². The minimum Gasteiger partial charge on any atom is -0.475 e. The van der Waals surface area contributed by atoms with Gasteiger partial charge in [-0.1, -0.05) is 0 Å². The maximum atomic E-state index is 14.9. The Hall–Kier alpha value is -2.89. The summed E-state index contributed by atoms with van der Waals surface area (Å²) in [5.74, 6) is -0.297. The first-order valence-electron chi connectivity index (χ1n) is 12.0. The van der Waals surface area contributed by atoms with Gasteiger partial charge in [-0.2, -0.15) is 10.6 Å². The lowest BCUT2D eigenvalue weighted by atomic mass is 9.94. The summed E-state index contributed by atoms with van der Waals surface area (Å²) in [4.78, 5) is 30.6. The van der Waals surface area contributed by atoms with Crippen LogP contribution in [0.5, 0.6) is 5.88 Å². The van der Waals surface area contributed by atoms with Gasteiger partial charge in [0.2, 0.25) is 5.88 Å². The molecular weight excluding hydrogens is 487 g/mol. The average molecular weight is 521 g/mol. The van der Waals surface area contributed by atoms with Crippen molar-refractivity contribution in [1.29, 1.82) is 0 Å². The maximum absolute atomic E-state index is 14.9. The smallest absolute Gasteiger partial charge is 0.334 e. The molecule has 11 heteroatoms. The van der Waals surface area contributed by atoms with Crippen molar-refractivity contribution in [2.75, 3.05) is 11.5 Å². The van der Waals surface area contributed by atoms with Gasteiger partial charge in [0.05, 0.1) is 29.0 Å². The second-order valence-corrected chi connectivity index (χ2v) is 12.6. The maximum Gasteiger partial charge on any atom is 0.334 e. The van der Waals surface area contributed by atoms with E-state index in [-0.39, 0.29) is 41.1 Å². The molecule has 3 N–H and O–H groups in total. The predicted molar refractivity (Wildman–Crippen MR) is 139 cm³/mol. The summed E-state index contributed by atoms with van der Waals surface area (Å²) in [5.41, 5.74) is 0.303. The first-order valence-corrected chi connectivity index (χ1v) is 13.8. The van der Waals surface area contributed by atoms with E-state index in [4.69, 9.17) is 4.74 Å². The number of amides is 1. The lowest BCUT2D eigenvalue weighted by molar-refractivity contribution is 0.0898. The van der Waals surface area contributed by atoms with Crippen LogP contribution in [0.3, 0.4) is 0 Å². The Labute approximate surface area is 210 Å². The highest BCUT2D eigenvalue weighted by Gasteiger charge is 2.35. The predicted octanol–water partition coefficient (Wildman–Crippen LogP) is 4.73. The number of halogens is 1. The first kappa shape index (κ1) is 26.2. The SMILES string of the molecule is CC(C)Oc1cc(-n2c(=O)n(C(C)C)c3cc(C(=O)NC4(C)CCS(O)(O)CC4)ccc32)c(F)cn1. The largest absolute Gasteiger partial charge is 0.475 e. The number of ether oxygens (including phenoxy) is 1. The summed E-state index contributed by atoms with van der Waals surface area (Å²) in [6, 6.07) is 6.01. The van der Waals surface area contributed by atoms with Crippen molar-refractivity contribution in [3.05, 3.63) is 52.3 Å². The Morgan fingerprint density at radius 3 is 2.44 bits per heavy atom. The van der Waals surface area contributed by atoms with Crippen molar-refractivity contribution in [3.8, 4) is 11.6 Å². The van der Waals surface area contributed by atoms with Gasteiger partial charge in [0.1, 0.15) is 0 Å². The summed E-state index contributed by atoms with van der Waals surface area (Å²) in [6.45, 7) is 9.23. The van der Waals surface area contributed by atoms with Crippen LogP contribution in [0.1, 0.15) is 63.9 Å². The molecule has 1 saturated heterocycles. The first-order chi connectivity index (χ1) is 16.8. The highest BCUT2D eigenvalue weighted by molar-refractivity contribution is 8.24. The third-order valence-corrected chi connectivity index (χ3v) is 8.15. The minimum absolute atomic E-state index is 0.0148. The second-order valence-electron chi connectivity index (χ2n) is 10.2. The Bertz CT molecular complexity index is 1350. The lowest BCUT2D eigenvalue weighted by Gasteiger charge is -2.44. The summed E-state index contributed by atoms with van der Waals surface area (Å²) < 4.78 is 43.1. The van der Waals surface area contributed by atoms with E-state index in [1.807, 2.05) is 34.6 Å². The van der Waals surface area contributed by atoms with Gasteiger partial charge in [0, 0.05) is 34.7 Å². The second kappa shape index (κ2) is 9.53. The Kier molecular flexibility index (Phi) is 6.93. The molecule has 4 rings (SSSR count). The van der Waals surface area contributed by atoms with Gasteiger partial charge < -0.3 is 10.1 Å². The van der Waals surface area contributed by atoms with Crippen LogP contribution in [0, 0.1) is 5.82 Å². The Morgan fingerprint density at radius 2 is 1.83 bits per heavy atom. The fraction of sp³-hybridized carbons (Fsp3) is 0.480. The number of imidazole rings is 1. The monoisotopic (exact) mass is 520 g/mol. The number of carbonyl (C=O) groups excluding carboxylic acids is 1. The van der Waals surface area contributed by atoms with Crippen LogP contribution in [0.15, 0.2) is 35.3 Å². The van der Waals surface area contributed by atoms with Crippen molar-refractivity contribution in [2.24, 2.45) is 0 Å². The molecule has 196 valence electrons. The molecule has 1 aliphatic rings. The number of nitrogens with zero attached hydrogens (tertiary/aromatic N) is 3. The molecule has 36 heavy (non-hydrogen) atoms. The van der Waals surface area contributed by atoms with Gasteiger partial charge in [-0.3, -0.25) is 23.0 Å². The Morgan fingerprint density at radius 1 is 1.17 bits per heavy atom. The lowest BCUT2D eigenvalue weighted by Crippen LogP contribution is -2.50. The van der Waals surface area contributed by atoms with E-state index in [9.17, 15) is 23.1 Å². The van der Waals surface area contributed by atoms with E-state index in [0.29, 0.717) is 29.4 Å². The number of nitrogens with one attached hydrogen (secondary N) is 1. The highest BCUT2D eigenvalue weighted by Crippen LogP contribution is 2.46. The van der Waals surface area contributed by atoms with Crippen molar-refractivity contribution in [1.82, 2.24) is 19.4 Å². The van der Waals surface area contributed by atoms with Gasteiger partial charge in [-0.25, -0.2) is 14.2 Å². The van der Waals surface area contributed by atoms with Crippen molar-refractivity contribution in [3.63, 3.8) is 0 Å². The van der Waals surface area contributed by atoms with Crippen molar-refractivity contribution >= 4 is 27.5 Å². The molecule has 3 aromatic rings. The average Bonchev–Trinajstić information content (AvgIpc) is 3.08. The molecule has 0 radical (unpaired) electrons. The molecule has 0 bridgehead atoms. The number of pyridine rings is 1. The number of aromatic nitrogens is 3. The number of benzene rings is 1. The molecule has 9 nitrogen and oxygen atoms in total. The van der Waals surface area contributed by atoms with Crippen LogP contribution in [-0.2, 0) is 0 Å². The van der Waals surface area contributed by atoms with Crippen LogP contribution in [0.25, 0.3) is 16.7 Å². The van der Waals surface area contributed by atoms with Crippen LogP contribution >= 0.6 is 10.6 Å². The van der Waals surface area contributed by atoms with Gasteiger partial charge in [-0.05, 0) is 65.7 Å². The molecule has 0 unspecified atom stereocenters. The molecular formula is C25H33FN4O5S. The van der Waals surface area contributed by atoms with Crippen LogP contribution in [-0.4, -0.2) is 52.3 Å². The summed E-state index contributed by atoms with van der Waals surface area (Å²) in [7, 11) is -2.58. The van der Waals surface area contributed by atoms with Gasteiger partial charge in [-0.15, -0.1) is 0 Å². The zero-order valence-corrected chi connectivity index (χ0v) is 21.9. The summed E-state index contributed by atoms with van der Waals surface area (Å²) in [5, 5.41) is 3.02.